The molecular formula is C48H49N2Zr-5. The van der Waals surface area contributed by atoms with Gasteiger partial charge >= 0.3 is 0 Å². The molecule has 2 aliphatic rings. The van der Waals surface area contributed by atoms with E-state index in [1.807, 2.05) is 91.0 Å². The van der Waals surface area contributed by atoms with Crippen molar-refractivity contribution >= 4 is 0 Å². The summed E-state index contributed by atoms with van der Waals surface area (Å²) < 4.78 is 0. The van der Waals surface area contributed by atoms with Gasteiger partial charge in [0.2, 0.25) is 0 Å². The fraction of sp³-hybridized carbons (Fsp3) is 0.188. The van der Waals surface area contributed by atoms with Crippen LogP contribution < -0.4 is 0 Å². The molecule has 1 atom stereocenters. The van der Waals surface area contributed by atoms with Gasteiger partial charge in [-0.25, -0.2) is 6.17 Å². The summed E-state index contributed by atoms with van der Waals surface area (Å²) in [6, 6.07) is 58.3. The topological polar surface area (TPSA) is 28.2 Å². The molecule has 0 spiro atoms. The smallest absolute Gasteiger partial charge is 0 e. The van der Waals surface area contributed by atoms with E-state index in [0.717, 1.165) is 23.2 Å². The third-order valence-corrected chi connectivity index (χ3v) is 8.95. The number of rotatable bonds is 6. The number of hydrogen-bond acceptors (Lipinski definition) is 0. The third kappa shape index (κ3) is 12.8. The van der Waals surface area contributed by atoms with Crippen molar-refractivity contribution in [1.82, 2.24) is 0 Å². The Morgan fingerprint density at radius 1 is 0.471 bits per heavy atom. The van der Waals surface area contributed by atoms with Crippen LogP contribution in [-0.4, -0.2) is 12.2 Å². The van der Waals surface area contributed by atoms with Crippen LogP contribution in [0, 0.1) is 20.8 Å². The molecule has 1 saturated carbocycles. The van der Waals surface area contributed by atoms with Crippen LogP contribution in [0.1, 0.15) is 71.4 Å². The summed E-state index contributed by atoms with van der Waals surface area (Å²) >= 11 is 0. The maximum atomic E-state index is 5.36. The van der Waals surface area contributed by atoms with Crippen molar-refractivity contribution in [2.24, 2.45) is 0 Å². The second kappa shape index (κ2) is 21.8. The Kier molecular flexibility index (Phi) is 16.9. The van der Waals surface area contributed by atoms with Crippen LogP contribution in [0.3, 0.4) is 0 Å². The first kappa shape index (κ1) is 39.5. The summed E-state index contributed by atoms with van der Waals surface area (Å²) in [6.45, 7) is 11.9. The molecule has 6 aromatic carbocycles. The first-order valence-corrected chi connectivity index (χ1v) is 17.8. The van der Waals surface area contributed by atoms with Crippen LogP contribution in [0.2, 0.25) is 0 Å². The second-order valence-electron chi connectivity index (χ2n) is 12.8. The normalized spacial score (nSPS) is 13.6. The predicted octanol–water partition coefficient (Wildman–Crippen LogP) is 13.0. The van der Waals surface area contributed by atoms with Crippen LogP contribution in [-0.2, 0) is 32.7 Å². The van der Waals surface area contributed by atoms with Crippen LogP contribution in [0.5, 0.6) is 0 Å². The molecule has 0 amide bonds. The monoisotopic (exact) mass is 743 g/mol. The molecule has 6 aromatic rings. The van der Waals surface area contributed by atoms with Crippen molar-refractivity contribution in [3.05, 3.63) is 235 Å². The van der Waals surface area contributed by atoms with E-state index in [-0.39, 0.29) is 38.3 Å². The zero-order valence-electron chi connectivity index (χ0n) is 29.7. The maximum Gasteiger partial charge on any atom is 0 e. The zero-order chi connectivity index (χ0) is 34.8. The van der Waals surface area contributed by atoms with Gasteiger partial charge in [0.05, 0.1) is 0 Å². The summed E-state index contributed by atoms with van der Waals surface area (Å²) in [7, 11) is 0. The molecule has 2 nitrogen and oxygen atoms in total. The van der Waals surface area contributed by atoms with Gasteiger partial charge in [-0.05, 0) is 28.2 Å². The van der Waals surface area contributed by atoms with Crippen LogP contribution in [0.25, 0.3) is 21.8 Å². The molecule has 0 bridgehead atoms. The minimum atomic E-state index is -0.0249. The first-order valence-electron chi connectivity index (χ1n) is 17.8. The Balaban J connectivity index is 0.000000214. The Morgan fingerprint density at radius 2 is 0.843 bits per heavy atom. The fourth-order valence-corrected chi connectivity index (χ4v) is 6.42. The van der Waals surface area contributed by atoms with Gasteiger partial charge in [0, 0.05) is 26.2 Å². The van der Waals surface area contributed by atoms with Gasteiger partial charge in [0.25, 0.3) is 0 Å². The molecule has 8 rings (SSSR count). The molecule has 0 aliphatic heterocycles. The summed E-state index contributed by atoms with van der Waals surface area (Å²) in [5, 5.41) is 10.6. The summed E-state index contributed by atoms with van der Waals surface area (Å²) in [5.41, 5.74) is 9.95. The molecule has 0 aromatic heterocycles. The molecule has 0 N–H and O–H groups in total. The SMILES string of the molecule is [CH2-]c1ccccc1.[CH2-]c1ccccc1.[CH2-]c1ccccc1.[Zr].c1ccc(C[N-]C([N-]C2CCCCC2)C2c3ccccc3-c3ccccc32)cc1. The van der Waals surface area contributed by atoms with Crippen molar-refractivity contribution in [2.45, 2.75) is 56.8 Å². The summed E-state index contributed by atoms with van der Waals surface area (Å²) in [6.07, 6.45) is 6.37. The van der Waals surface area contributed by atoms with Gasteiger partial charge in [0.15, 0.2) is 0 Å². The average Bonchev–Trinajstić information content (AvgIpc) is 3.50. The number of nitrogens with zero attached hydrogens (tertiary/aromatic N) is 2. The summed E-state index contributed by atoms with van der Waals surface area (Å²) in [4.78, 5) is 0. The molecule has 1 unspecified atom stereocenters. The maximum absolute atomic E-state index is 5.36. The molecule has 3 heteroatoms. The van der Waals surface area contributed by atoms with Gasteiger partial charge in [-0.2, -0.15) is 73.9 Å². The predicted molar refractivity (Wildman–Crippen MR) is 214 cm³/mol. The molecule has 0 heterocycles. The van der Waals surface area contributed by atoms with E-state index >= 15 is 0 Å². The molecule has 260 valence electrons. The quantitative estimate of drug-likeness (QED) is 0.152. The first-order chi connectivity index (χ1) is 24.6. The van der Waals surface area contributed by atoms with Crippen molar-refractivity contribution in [1.29, 1.82) is 0 Å². The van der Waals surface area contributed by atoms with Gasteiger partial charge in [0.1, 0.15) is 0 Å². The Hall–Kier alpha value is -4.27. The van der Waals surface area contributed by atoms with Crippen molar-refractivity contribution in [2.75, 3.05) is 0 Å². The number of hydrogen-bond donors (Lipinski definition) is 0. The number of fused-ring (bicyclic) bond motifs is 3. The van der Waals surface area contributed by atoms with Crippen molar-refractivity contribution in [3.63, 3.8) is 0 Å². The van der Waals surface area contributed by atoms with Crippen molar-refractivity contribution < 1.29 is 26.2 Å². The van der Waals surface area contributed by atoms with E-state index in [1.165, 1.54) is 59.9 Å². The Morgan fingerprint density at radius 3 is 1.24 bits per heavy atom. The van der Waals surface area contributed by atoms with Crippen LogP contribution in [0.4, 0.5) is 0 Å². The molecule has 2 aliphatic carbocycles. The molecular weight excluding hydrogens is 696 g/mol. The van der Waals surface area contributed by atoms with E-state index in [0.29, 0.717) is 6.04 Å². The van der Waals surface area contributed by atoms with Gasteiger partial charge in [-0.1, -0.05) is 135 Å². The summed E-state index contributed by atoms with van der Waals surface area (Å²) in [5.74, 6) is 0.230. The minimum absolute atomic E-state index is 0. The third-order valence-electron chi connectivity index (χ3n) is 8.95. The van der Waals surface area contributed by atoms with E-state index in [1.54, 1.807) is 0 Å². The van der Waals surface area contributed by atoms with E-state index in [9.17, 15) is 0 Å². The second-order valence-corrected chi connectivity index (χ2v) is 12.8. The number of benzene rings is 6. The van der Waals surface area contributed by atoms with Crippen LogP contribution in [0.15, 0.2) is 170 Å². The van der Waals surface area contributed by atoms with Crippen LogP contribution >= 0.6 is 0 Å². The van der Waals surface area contributed by atoms with Gasteiger partial charge < -0.3 is 10.6 Å². The zero-order valence-corrected chi connectivity index (χ0v) is 32.1. The van der Waals surface area contributed by atoms with Crippen molar-refractivity contribution in [3.8, 4) is 11.1 Å². The van der Waals surface area contributed by atoms with E-state index in [2.05, 4.69) is 99.6 Å². The standard InChI is InChI=1S/C27H28N2.3C7H7.Zr/c1-3-11-20(12-4-1)19-28-27(29-21-13-5-2-6-14-21)26-24-17-9-7-15-22(24)23-16-8-10-18-25(23)26;3*1-7-5-3-2-4-6-7;/h1,3-4,7-12,15-18,21,26-27H,2,5-6,13-14,19H2;3*2-6H,1H2;/q-2;3*-1;. The minimum Gasteiger partial charge on any atom is -0.674 e. The van der Waals surface area contributed by atoms with Gasteiger partial charge in [-0.15, -0.1) is 49.0 Å². The Labute approximate surface area is 326 Å². The molecule has 0 saturated heterocycles. The average molecular weight is 745 g/mol. The Bertz CT molecular complexity index is 1650. The fourth-order valence-electron chi connectivity index (χ4n) is 6.42. The van der Waals surface area contributed by atoms with E-state index in [4.69, 9.17) is 10.6 Å². The molecule has 51 heavy (non-hydrogen) atoms. The molecule has 0 radical (unpaired) electrons. The van der Waals surface area contributed by atoms with Gasteiger partial charge in [-0.3, -0.25) is 0 Å². The van der Waals surface area contributed by atoms with E-state index < -0.39 is 0 Å². The largest absolute Gasteiger partial charge is 0.674 e. The molecule has 1 fully saturated rings.